The topological polar surface area (TPSA) is 104 Å². The van der Waals surface area contributed by atoms with E-state index in [2.05, 4.69) is 6.92 Å². The van der Waals surface area contributed by atoms with Crippen LogP contribution >= 0.6 is 0 Å². The molecule has 26 heavy (non-hydrogen) atoms. The molecule has 0 aromatic rings. The molecule has 148 valence electrons. The van der Waals surface area contributed by atoms with E-state index >= 15 is 0 Å². The first kappa shape index (κ1) is 16.5. The lowest BCUT2D eigenvalue weighted by molar-refractivity contribution is -0.163. The third kappa shape index (κ3) is 9.15. The van der Waals surface area contributed by atoms with E-state index in [4.69, 9.17) is 15.3 Å². The van der Waals surface area contributed by atoms with Gasteiger partial charge in [-0.2, -0.15) is 0 Å². The molecular weight excluding hydrogens is 336 g/mol. The summed E-state index contributed by atoms with van der Waals surface area (Å²) < 4.78 is 36.3. The van der Waals surface area contributed by atoms with E-state index in [1.165, 1.54) is 18.2 Å². The molecule has 1 heterocycles. The Morgan fingerprint density at radius 3 is 2.88 bits per heavy atom. The van der Waals surface area contributed by atoms with Crippen molar-refractivity contribution in [1.29, 1.82) is 0 Å². The van der Waals surface area contributed by atoms with Crippen LogP contribution in [0.5, 0.6) is 0 Å². The fourth-order valence-corrected chi connectivity index (χ4v) is 2.71. The van der Waals surface area contributed by atoms with Crippen molar-refractivity contribution in [3.05, 3.63) is 24.3 Å². The number of carbonyl (C=O) groups excluding carboxylic acids is 1. The highest BCUT2D eigenvalue weighted by Gasteiger charge is 2.35. The van der Waals surface area contributed by atoms with Crippen molar-refractivity contribution >= 4 is 11.9 Å². The number of cyclic esters (lactones) is 1. The van der Waals surface area contributed by atoms with E-state index in [9.17, 15) is 19.8 Å². The Labute approximate surface area is 161 Å². The standard InChI is InChI=1S/C20H32O6/c1-2-3-6-9-15(21)12-13-18-16(17(22)14-20(25)26-18)10-7-4-5-8-11-19(23)24/h4,7,12-13,15-18,21-22H,2-3,5-6,8-11,14H2,1H3,(H,23,24)/b7-4-,13-12+/t15?,16-,17-,18+/m0/s1/i5D2,8D2. The number of carboxylic acid groups (broad SMARTS) is 1. The molecule has 0 aliphatic carbocycles. The zero-order valence-corrected chi connectivity index (χ0v) is 15.1. The van der Waals surface area contributed by atoms with Crippen LogP contribution in [0.25, 0.3) is 0 Å². The number of hydrogen-bond donors (Lipinski definition) is 3. The maximum Gasteiger partial charge on any atom is 0.309 e. The van der Waals surface area contributed by atoms with Gasteiger partial charge in [-0.3, -0.25) is 9.59 Å². The average molecular weight is 372 g/mol. The molecule has 4 atom stereocenters. The number of hydrogen-bond acceptors (Lipinski definition) is 5. The number of rotatable bonds is 12. The number of allylic oxidation sites excluding steroid dienone is 2. The zero-order valence-electron chi connectivity index (χ0n) is 19.1. The molecule has 6 nitrogen and oxygen atoms in total. The Kier molecular flexibility index (Phi) is 8.03. The summed E-state index contributed by atoms with van der Waals surface area (Å²) >= 11 is 0. The first-order valence-electron chi connectivity index (χ1n) is 11.0. The Morgan fingerprint density at radius 2 is 2.19 bits per heavy atom. The highest BCUT2D eigenvalue weighted by molar-refractivity contribution is 5.71. The van der Waals surface area contributed by atoms with Gasteiger partial charge in [0.1, 0.15) is 6.10 Å². The quantitative estimate of drug-likeness (QED) is 0.276. The van der Waals surface area contributed by atoms with Gasteiger partial charge in [0.15, 0.2) is 0 Å². The summed E-state index contributed by atoms with van der Waals surface area (Å²) in [6.45, 7) is 2.05. The van der Waals surface area contributed by atoms with Gasteiger partial charge < -0.3 is 20.1 Å². The molecule has 3 N–H and O–H groups in total. The lowest BCUT2D eigenvalue weighted by Gasteiger charge is -2.32. The number of unbranched alkanes of at least 4 members (excludes halogenated alkanes) is 2. The third-order valence-corrected chi connectivity index (χ3v) is 4.14. The minimum atomic E-state index is -2.62. The van der Waals surface area contributed by atoms with Gasteiger partial charge in [-0.1, -0.05) is 44.4 Å². The number of aliphatic carboxylic acids is 1. The van der Waals surface area contributed by atoms with Crippen molar-refractivity contribution in [2.75, 3.05) is 0 Å². The molecule has 0 saturated carbocycles. The first-order chi connectivity index (χ1) is 13.9. The smallest absolute Gasteiger partial charge is 0.309 e. The number of aliphatic hydroxyl groups excluding tert-OH is 2. The third-order valence-electron chi connectivity index (χ3n) is 4.14. The summed E-state index contributed by atoms with van der Waals surface area (Å²) in [7, 11) is 0. The second kappa shape index (κ2) is 12.7. The maximum atomic E-state index is 11.7. The minimum absolute atomic E-state index is 0.0814. The van der Waals surface area contributed by atoms with Gasteiger partial charge in [0, 0.05) is 17.8 Å². The van der Waals surface area contributed by atoms with E-state index in [0.717, 1.165) is 25.3 Å². The summed E-state index contributed by atoms with van der Waals surface area (Å²) in [4.78, 5) is 22.5. The number of aliphatic hydroxyl groups is 2. The SMILES string of the molecule is [2H]C([2H])(/C=C\C[C@H]1[C@@H](O)CC(=O)O[C@@H]1/C=C/C(O)CCCCC)C([2H])([2H])CC(=O)O. The highest BCUT2D eigenvalue weighted by Crippen LogP contribution is 2.27. The van der Waals surface area contributed by atoms with Crippen molar-refractivity contribution in [2.24, 2.45) is 5.92 Å². The predicted molar refractivity (Wildman–Crippen MR) is 98.5 cm³/mol. The van der Waals surface area contributed by atoms with E-state index in [-0.39, 0.29) is 12.8 Å². The molecule has 1 aliphatic rings. The normalized spacial score (nSPS) is 28.3. The van der Waals surface area contributed by atoms with Gasteiger partial charge >= 0.3 is 11.9 Å². The minimum Gasteiger partial charge on any atom is -0.481 e. The zero-order chi connectivity index (χ0) is 22.9. The Bertz CT molecular complexity index is 635. The molecule has 0 radical (unpaired) electrons. The van der Waals surface area contributed by atoms with Crippen LogP contribution in [-0.2, 0) is 14.3 Å². The van der Waals surface area contributed by atoms with Crippen LogP contribution in [0.15, 0.2) is 24.3 Å². The molecule has 0 amide bonds. The second-order valence-electron chi connectivity index (χ2n) is 6.37. The molecule has 1 fully saturated rings. The van der Waals surface area contributed by atoms with Crippen LogP contribution in [0, 0.1) is 5.92 Å². The molecular formula is C20H32O6. The van der Waals surface area contributed by atoms with Crippen LogP contribution in [0.3, 0.4) is 0 Å². The van der Waals surface area contributed by atoms with E-state index < -0.39 is 55.3 Å². The average Bonchev–Trinajstić information content (AvgIpc) is 2.60. The van der Waals surface area contributed by atoms with Crippen molar-refractivity contribution in [3.63, 3.8) is 0 Å². The van der Waals surface area contributed by atoms with E-state index in [1.54, 1.807) is 0 Å². The highest BCUT2D eigenvalue weighted by atomic mass is 16.5. The van der Waals surface area contributed by atoms with Gasteiger partial charge in [0.25, 0.3) is 0 Å². The van der Waals surface area contributed by atoms with Crippen LogP contribution < -0.4 is 0 Å². The molecule has 1 aliphatic heterocycles. The number of carbonyl (C=O) groups is 2. The molecule has 1 rings (SSSR count). The summed E-state index contributed by atoms with van der Waals surface area (Å²) in [5.41, 5.74) is 0. The second-order valence-corrected chi connectivity index (χ2v) is 6.37. The molecule has 6 heteroatoms. The lowest BCUT2D eigenvalue weighted by atomic mass is 9.87. The van der Waals surface area contributed by atoms with Gasteiger partial charge in [0.05, 0.1) is 18.6 Å². The van der Waals surface area contributed by atoms with Crippen molar-refractivity contribution in [1.82, 2.24) is 0 Å². The van der Waals surface area contributed by atoms with Crippen molar-refractivity contribution in [3.8, 4) is 0 Å². The first-order valence-corrected chi connectivity index (χ1v) is 9.03. The van der Waals surface area contributed by atoms with Crippen LogP contribution in [0.4, 0.5) is 0 Å². The largest absolute Gasteiger partial charge is 0.481 e. The number of ether oxygens (including phenoxy) is 1. The summed E-state index contributed by atoms with van der Waals surface area (Å²) in [5, 5.41) is 29.1. The van der Waals surface area contributed by atoms with Gasteiger partial charge in [-0.15, -0.1) is 0 Å². The fraction of sp³-hybridized carbons (Fsp3) is 0.700. The molecule has 0 spiro atoms. The molecule has 0 aromatic heterocycles. The Hall–Kier alpha value is -1.66. The lowest BCUT2D eigenvalue weighted by Crippen LogP contribution is -2.41. The van der Waals surface area contributed by atoms with E-state index in [1.807, 2.05) is 0 Å². The fourth-order valence-electron chi connectivity index (χ4n) is 2.71. The Balaban J connectivity index is 2.83. The van der Waals surface area contributed by atoms with Crippen LogP contribution in [-0.4, -0.2) is 45.6 Å². The number of esters is 1. The van der Waals surface area contributed by atoms with Crippen molar-refractivity contribution in [2.45, 2.75) is 82.9 Å². The summed E-state index contributed by atoms with van der Waals surface area (Å²) in [6.07, 6.45) is -0.0841. The maximum absolute atomic E-state index is 11.7. The Morgan fingerprint density at radius 1 is 1.42 bits per heavy atom. The van der Waals surface area contributed by atoms with Crippen LogP contribution in [0.2, 0.25) is 0 Å². The molecule has 1 unspecified atom stereocenters. The monoisotopic (exact) mass is 372 g/mol. The van der Waals surface area contributed by atoms with Gasteiger partial charge in [0.2, 0.25) is 0 Å². The molecule has 0 bridgehead atoms. The van der Waals surface area contributed by atoms with E-state index in [0.29, 0.717) is 6.42 Å². The summed E-state index contributed by atoms with van der Waals surface area (Å²) in [5.74, 6) is -2.63. The molecule has 0 aromatic carbocycles. The van der Waals surface area contributed by atoms with Crippen molar-refractivity contribution < 1.29 is 35.1 Å². The molecule has 1 saturated heterocycles. The van der Waals surface area contributed by atoms with Gasteiger partial charge in [-0.25, -0.2) is 0 Å². The van der Waals surface area contributed by atoms with Gasteiger partial charge in [-0.05, 0) is 31.7 Å². The number of carboxylic acids is 1. The summed E-state index contributed by atoms with van der Waals surface area (Å²) in [6, 6.07) is 0. The predicted octanol–water partition coefficient (Wildman–Crippen LogP) is 2.98. The van der Waals surface area contributed by atoms with Crippen LogP contribution in [0.1, 0.15) is 70.1 Å².